The first-order chi connectivity index (χ1) is 11.1. The van der Waals surface area contributed by atoms with Crippen LogP contribution in [-0.2, 0) is 17.9 Å². The standard InChI is InChI=1S/C17H18N4O2/c1-13-6-7-17(23)21(19-13)11-9-18-16(22)12-20-10-8-14-4-2-3-5-15(14)20/h2-8,10H,9,11-12H2,1H3,(H,18,22). The first-order valence-electron chi connectivity index (χ1n) is 7.49. The molecule has 0 aliphatic carbocycles. The van der Waals surface area contributed by atoms with Crippen LogP contribution in [0.4, 0.5) is 0 Å². The summed E-state index contributed by atoms with van der Waals surface area (Å²) < 4.78 is 3.27. The second-order valence-corrected chi connectivity index (χ2v) is 5.39. The van der Waals surface area contributed by atoms with Crippen molar-refractivity contribution in [3.63, 3.8) is 0 Å². The van der Waals surface area contributed by atoms with Gasteiger partial charge in [0.05, 0.1) is 12.2 Å². The third-order valence-corrected chi connectivity index (χ3v) is 3.64. The van der Waals surface area contributed by atoms with Crippen LogP contribution < -0.4 is 10.9 Å². The maximum absolute atomic E-state index is 12.1. The second kappa shape index (κ2) is 6.48. The van der Waals surface area contributed by atoms with Crippen LogP contribution in [0.15, 0.2) is 53.5 Å². The molecule has 118 valence electrons. The lowest BCUT2D eigenvalue weighted by Gasteiger charge is -2.08. The molecule has 1 amide bonds. The number of hydrogen-bond donors (Lipinski definition) is 1. The van der Waals surface area contributed by atoms with Gasteiger partial charge in [-0.15, -0.1) is 0 Å². The Hall–Kier alpha value is -2.89. The van der Waals surface area contributed by atoms with Crippen molar-refractivity contribution in [2.75, 3.05) is 6.54 Å². The van der Waals surface area contributed by atoms with E-state index in [4.69, 9.17) is 0 Å². The zero-order valence-corrected chi connectivity index (χ0v) is 12.9. The summed E-state index contributed by atoms with van der Waals surface area (Å²) >= 11 is 0. The number of aromatic nitrogens is 3. The number of nitrogens with one attached hydrogen (secondary N) is 1. The van der Waals surface area contributed by atoms with Gasteiger partial charge in [-0.25, -0.2) is 4.68 Å². The minimum atomic E-state index is -0.166. The molecule has 0 radical (unpaired) electrons. The molecule has 0 unspecified atom stereocenters. The van der Waals surface area contributed by atoms with E-state index in [-0.39, 0.29) is 18.0 Å². The number of rotatable bonds is 5. The van der Waals surface area contributed by atoms with E-state index >= 15 is 0 Å². The summed E-state index contributed by atoms with van der Waals surface area (Å²) in [4.78, 5) is 23.7. The van der Waals surface area contributed by atoms with Gasteiger partial charge in [0.15, 0.2) is 0 Å². The van der Waals surface area contributed by atoms with E-state index in [1.165, 1.54) is 10.7 Å². The first-order valence-corrected chi connectivity index (χ1v) is 7.49. The Morgan fingerprint density at radius 2 is 2.00 bits per heavy atom. The number of amides is 1. The Bertz CT molecular complexity index is 895. The number of aryl methyl sites for hydroxylation is 1. The number of para-hydroxylation sites is 1. The highest BCUT2D eigenvalue weighted by Gasteiger charge is 2.06. The van der Waals surface area contributed by atoms with Gasteiger partial charge >= 0.3 is 0 Å². The maximum atomic E-state index is 12.1. The summed E-state index contributed by atoms with van der Waals surface area (Å²) in [5.74, 6) is -0.0907. The fourth-order valence-electron chi connectivity index (χ4n) is 2.50. The number of nitrogens with zero attached hydrogens (tertiary/aromatic N) is 3. The molecule has 1 N–H and O–H groups in total. The van der Waals surface area contributed by atoms with Crippen LogP contribution in [0.25, 0.3) is 10.9 Å². The van der Waals surface area contributed by atoms with Crippen LogP contribution in [0.5, 0.6) is 0 Å². The highest BCUT2D eigenvalue weighted by atomic mass is 16.2. The van der Waals surface area contributed by atoms with Gasteiger partial charge in [0.1, 0.15) is 6.54 Å². The summed E-state index contributed by atoms with van der Waals surface area (Å²) in [5, 5.41) is 8.06. The van der Waals surface area contributed by atoms with Crippen molar-refractivity contribution in [3.05, 3.63) is 64.7 Å². The van der Waals surface area contributed by atoms with Crippen molar-refractivity contribution >= 4 is 16.8 Å². The van der Waals surface area contributed by atoms with E-state index in [1.54, 1.807) is 6.07 Å². The summed E-state index contributed by atoms with van der Waals surface area (Å²) in [6, 6.07) is 13.1. The minimum Gasteiger partial charge on any atom is -0.353 e. The molecule has 0 spiro atoms. The van der Waals surface area contributed by atoms with E-state index in [0.29, 0.717) is 13.1 Å². The van der Waals surface area contributed by atoms with Gasteiger partial charge in [0.2, 0.25) is 5.91 Å². The van der Waals surface area contributed by atoms with Gasteiger partial charge < -0.3 is 9.88 Å². The molecule has 0 saturated carbocycles. The molecule has 2 heterocycles. The van der Waals surface area contributed by atoms with Crippen molar-refractivity contribution in [2.45, 2.75) is 20.0 Å². The number of carbonyl (C=O) groups excluding carboxylic acids is 1. The molecule has 2 aromatic heterocycles. The van der Waals surface area contributed by atoms with Crippen LogP contribution in [0, 0.1) is 6.92 Å². The lowest BCUT2D eigenvalue weighted by Crippen LogP contribution is -2.33. The molecule has 0 aliphatic heterocycles. The van der Waals surface area contributed by atoms with E-state index < -0.39 is 0 Å². The summed E-state index contributed by atoms with van der Waals surface area (Å²) in [7, 11) is 0. The summed E-state index contributed by atoms with van der Waals surface area (Å²) in [5.41, 5.74) is 1.63. The molecule has 6 heteroatoms. The first kappa shape index (κ1) is 15.0. The molecule has 0 bridgehead atoms. The molecule has 3 rings (SSSR count). The highest BCUT2D eigenvalue weighted by Crippen LogP contribution is 2.14. The van der Waals surface area contributed by atoms with Crippen molar-refractivity contribution in [3.8, 4) is 0 Å². The van der Waals surface area contributed by atoms with Crippen molar-refractivity contribution in [1.29, 1.82) is 0 Å². The fourth-order valence-corrected chi connectivity index (χ4v) is 2.50. The lowest BCUT2D eigenvalue weighted by molar-refractivity contribution is -0.121. The van der Waals surface area contributed by atoms with Crippen LogP contribution >= 0.6 is 0 Å². The third kappa shape index (κ3) is 3.48. The number of fused-ring (bicyclic) bond motifs is 1. The highest BCUT2D eigenvalue weighted by molar-refractivity contribution is 5.83. The van der Waals surface area contributed by atoms with Crippen LogP contribution in [-0.4, -0.2) is 26.8 Å². The Labute approximate surface area is 133 Å². The molecule has 0 aliphatic rings. The predicted octanol–water partition coefficient (Wildman–Crippen LogP) is 1.32. The zero-order valence-electron chi connectivity index (χ0n) is 12.9. The summed E-state index contributed by atoms with van der Waals surface area (Å²) in [6.45, 7) is 2.81. The fraction of sp³-hybridized carbons (Fsp3) is 0.235. The molecule has 6 nitrogen and oxygen atoms in total. The molecule has 1 aromatic carbocycles. The van der Waals surface area contributed by atoms with Gasteiger partial charge in [0.25, 0.3) is 5.56 Å². The van der Waals surface area contributed by atoms with Gasteiger partial charge in [-0.2, -0.15) is 5.10 Å². The van der Waals surface area contributed by atoms with Gasteiger partial charge in [-0.05, 0) is 30.5 Å². The molecular weight excluding hydrogens is 292 g/mol. The monoisotopic (exact) mass is 310 g/mol. The Morgan fingerprint density at radius 3 is 2.87 bits per heavy atom. The van der Waals surface area contributed by atoms with Crippen molar-refractivity contribution in [1.82, 2.24) is 19.7 Å². The molecule has 0 fully saturated rings. The topological polar surface area (TPSA) is 68.9 Å². The minimum absolute atomic E-state index is 0.0907. The normalized spacial score (nSPS) is 10.8. The Balaban J connectivity index is 1.58. The number of benzene rings is 1. The summed E-state index contributed by atoms with van der Waals surface area (Å²) in [6.07, 6.45) is 1.90. The van der Waals surface area contributed by atoms with Gasteiger partial charge in [-0.3, -0.25) is 9.59 Å². The maximum Gasteiger partial charge on any atom is 0.266 e. The average molecular weight is 310 g/mol. The van der Waals surface area contributed by atoms with E-state index in [0.717, 1.165) is 16.6 Å². The Morgan fingerprint density at radius 1 is 1.17 bits per heavy atom. The molecule has 0 saturated heterocycles. The van der Waals surface area contributed by atoms with Crippen molar-refractivity contribution in [2.24, 2.45) is 0 Å². The SMILES string of the molecule is Cc1ccc(=O)n(CCNC(=O)Cn2ccc3ccccc32)n1. The van der Waals surface area contributed by atoms with Crippen LogP contribution in [0.1, 0.15) is 5.69 Å². The molecule has 3 aromatic rings. The van der Waals surface area contributed by atoms with Gasteiger partial charge in [-0.1, -0.05) is 18.2 Å². The smallest absolute Gasteiger partial charge is 0.266 e. The zero-order chi connectivity index (χ0) is 16.2. The quantitative estimate of drug-likeness (QED) is 0.773. The average Bonchev–Trinajstić information content (AvgIpc) is 2.94. The van der Waals surface area contributed by atoms with Gasteiger partial charge in [0, 0.05) is 24.3 Å². The molecular formula is C17H18N4O2. The third-order valence-electron chi connectivity index (χ3n) is 3.64. The van der Waals surface area contributed by atoms with Crippen LogP contribution in [0.3, 0.4) is 0 Å². The largest absolute Gasteiger partial charge is 0.353 e. The molecule has 23 heavy (non-hydrogen) atoms. The Kier molecular flexibility index (Phi) is 4.23. The molecule has 0 atom stereocenters. The number of carbonyl (C=O) groups is 1. The predicted molar refractivity (Wildman–Crippen MR) is 88.2 cm³/mol. The van der Waals surface area contributed by atoms with E-state index in [1.807, 2.05) is 48.0 Å². The van der Waals surface area contributed by atoms with E-state index in [9.17, 15) is 9.59 Å². The van der Waals surface area contributed by atoms with E-state index in [2.05, 4.69) is 10.4 Å². The van der Waals surface area contributed by atoms with Crippen LogP contribution in [0.2, 0.25) is 0 Å². The van der Waals surface area contributed by atoms with Crippen molar-refractivity contribution < 1.29 is 4.79 Å². The lowest BCUT2D eigenvalue weighted by atomic mass is 10.2. The number of hydrogen-bond acceptors (Lipinski definition) is 3. The second-order valence-electron chi connectivity index (χ2n) is 5.39.